The zero-order valence-electron chi connectivity index (χ0n) is 12.5. The molecule has 108 valence electrons. The zero-order valence-corrected chi connectivity index (χ0v) is 12.5. The Morgan fingerprint density at radius 1 is 1.21 bits per heavy atom. The van der Waals surface area contributed by atoms with E-state index < -0.39 is 0 Å². The summed E-state index contributed by atoms with van der Waals surface area (Å²) in [4.78, 5) is 0. The molecule has 1 unspecified atom stereocenters. The maximum absolute atomic E-state index is 5.90. The van der Waals surface area contributed by atoms with E-state index in [2.05, 4.69) is 25.2 Å². The van der Waals surface area contributed by atoms with Crippen molar-refractivity contribution in [2.45, 2.75) is 32.2 Å². The molecule has 19 heavy (non-hydrogen) atoms. The molecule has 1 aromatic rings. The third kappa shape index (κ3) is 4.40. The summed E-state index contributed by atoms with van der Waals surface area (Å²) < 4.78 is 10.6. The number of nitrogens with two attached hydrogens (primary N) is 1. The molecule has 1 aromatic carbocycles. The summed E-state index contributed by atoms with van der Waals surface area (Å²) in [5.41, 5.74) is 7.01. The predicted octanol–water partition coefficient (Wildman–Crippen LogP) is 1.96. The van der Waals surface area contributed by atoms with Gasteiger partial charge in [-0.3, -0.25) is 0 Å². The van der Waals surface area contributed by atoms with Crippen LogP contribution in [-0.4, -0.2) is 32.8 Å². The minimum absolute atomic E-state index is 0.0877. The Morgan fingerprint density at radius 2 is 1.89 bits per heavy atom. The Bertz CT molecular complexity index is 396. The Balaban J connectivity index is 2.85. The lowest BCUT2D eigenvalue weighted by atomic mass is 9.92. The van der Waals surface area contributed by atoms with Gasteiger partial charge in [0, 0.05) is 12.1 Å². The van der Waals surface area contributed by atoms with Gasteiger partial charge < -0.3 is 20.5 Å². The van der Waals surface area contributed by atoms with Crippen LogP contribution in [0.15, 0.2) is 18.2 Å². The lowest BCUT2D eigenvalue weighted by Crippen LogP contribution is -2.50. The summed E-state index contributed by atoms with van der Waals surface area (Å²) in [6.45, 7) is 5.88. The van der Waals surface area contributed by atoms with Gasteiger partial charge in [-0.05, 0) is 44.0 Å². The lowest BCUT2D eigenvalue weighted by molar-refractivity contribution is 0.349. The molecule has 0 fully saturated rings. The molecule has 4 heteroatoms. The number of methoxy groups -OCH3 is 2. The number of nitrogens with one attached hydrogen (secondary N) is 1. The molecule has 0 radical (unpaired) electrons. The van der Waals surface area contributed by atoms with Crippen molar-refractivity contribution in [2.75, 3.05) is 27.3 Å². The van der Waals surface area contributed by atoms with Gasteiger partial charge in [-0.15, -0.1) is 0 Å². The molecule has 0 aliphatic rings. The van der Waals surface area contributed by atoms with Crippen LogP contribution < -0.4 is 20.5 Å². The summed E-state index contributed by atoms with van der Waals surface area (Å²) in [5.74, 6) is 1.51. The molecule has 0 amide bonds. The first-order chi connectivity index (χ1) is 9.08. The van der Waals surface area contributed by atoms with Gasteiger partial charge in [0.15, 0.2) is 11.5 Å². The van der Waals surface area contributed by atoms with E-state index in [1.165, 1.54) is 5.56 Å². The van der Waals surface area contributed by atoms with Crippen LogP contribution in [0.3, 0.4) is 0 Å². The molecule has 0 saturated heterocycles. The van der Waals surface area contributed by atoms with E-state index in [4.69, 9.17) is 15.2 Å². The number of benzene rings is 1. The van der Waals surface area contributed by atoms with Gasteiger partial charge in [-0.25, -0.2) is 0 Å². The minimum atomic E-state index is -0.0877. The predicted molar refractivity (Wildman–Crippen MR) is 79.0 cm³/mol. The second-order valence-electron chi connectivity index (χ2n) is 5.06. The number of ether oxygens (including phenoxy) is 2. The Morgan fingerprint density at radius 3 is 2.42 bits per heavy atom. The van der Waals surface area contributed by atoms with Gasteiger partial charge in [-0.2, -0.15) is 0 Å². The summed E-state index contributed by atoms with van der Waals surface area (Å²) in [7, 11) is 3.30. The first kappa shape index (κ1) is 15.8. The monoisotopic (exact) mass is 266 g/mol. The number of hydrogen-bond donors (Lipinski definition) is 2. The highest BCUT2D eigenvalue weighted by molar-refractivity contribution is 5.43. The molecule has 0 aromatic heterocycles. The summed E-state index contributed by atoms with van der Waals surface area (Å²) in [6.07, 6.45) is 1.96. The maximum atomic E-state index is 5.90. The van der Waals surface area contributed by atoms with Crippen LogP contribution in [0.1, 0.15) is 25.8 Å². The average Bonchev–Trinajstić information content (AvgIpc) is 2.45. The van der Waals surface area contributed by atoms with Crippen molar-refractivity contribution >= 4 is 0 Å². The quantitative estimate of drug-likeness (QED) is 0.755. The average molecular weight is 266 g/mol. The molecule has 0 aliphatic carbocycles. The summed E-state index contributed by atoms with van der Waals surface area (Å²) in [5, 5.41) is 3.51. The van der Waals surface area contributed by atoms with Gasteiger partial charge in [0.1, 0.15) is 0 Å². The SMILES string of the molecule is CCCNC(C)(CN)Cc1ccc(OC)c(OC)c1. The normalized spacial score (nSPS) is 13.9. The molecule has 1 rings (SSSR count). The Labute approximate surface area is 116 Å². The van der Waals surface area contributed by atoms with Crippen molar-refractivity contribution in [1.82, 2.24) is 5.32 Å². The van der Waals surface area contributed by atoms with Crippen molar-refractivity contribution in [3.63, 3.8) is 0 Å². The van der Waals surface area contributed by atoms with Crippen molar-refractivity contribution in [3.05, 3.63) is 23.8 Å². The van der Waals surface area contributed by atoms with Crippen LogP contribution >= 0.6 is 0 Å². The van der Waals surface area contributed by atoms with Gasteiger partial charge in [0.25, 0.3) is 0 Å². The van der Waals surface area contributed by atoms with Crippen LogP contribution in [0.25, 0.3) is 0 Å². The fourth-order valence-corrected chi connectivity index (χ4v) is 2.07. The van der Waals surface area contributed by atoms with Gasteiger partial charge in [0.05, 0.1) is 14.2 Å². The van der Waals surface area contributed by atoms with E-state index in [1.54, 1.807) is 14.2 Å². The molecule has 4 nitrogen and oxygen atoms in total. The summed E-state index contributed by atoms with van der Waals surface area (Å²) >= 11 is 0. The smallest absolute Gasteiger partial charge is 0.160 e. The molecule has 0 heterocycles. The van der Waals surface area contributed by atoms with E-state index in [9.17, 15) is 0 Å². The Kier molecular flexibility index (Phi) is 6.12. The van der Waals surface area contributed by atoms with Crippen molar-refractivity contribution in [2.24, 2.45) is 5.73 Å². The first-order valence-electron chi connectivity index (χ1n) is 6.74. The topological polar surface area (TPSA) is 56.5 Å². The molecule has 1 atom stereocenters. The van der Waals surface area contributed by atoms with Crippen molar-refractivity contribution in [1.29, 1.82) is 0 Å². The molecule has 0 aliphatic heterocycles. The van der Waals surface area contributed by atoms with E-state index in [1.807, 2.05) is 12.1 Å². The van der Waals surface area contributed by atoms with Crippen LogP contribution in [0.4, 0.5) is 0 Å². The Hall–Kier alpha value is -1.26. The second-order valence-corrected chi connectivity index (χ2v) is 5.06. The van der Waals surface area contributed by atoms with E-state index in [0.29, 0.717) is 6.54 Å². The number of hydrogen-bond acceptors (Lipinski definition) is 4. The maximum Gasteiger partial charge on any atom is 0.160 e. The fourth-order valence-electron chi connectivity index (χ4n) is 2.07. The van der Waals surface area contributed by atoms with Crippen LogP contribution in [0.2, 0.25) is 0 Å². The molecular weight excluding hydrogens is 240 g/mol. The van der Waals surface area contributed by atoms with E-state index in [-0.39, 0.29) is 5.54 Å². The van der Waals surface area contributed by atoms with E-state index >= 15 is 0 Å². The van der Waals surface area contributed by atoms with Gasteiger partial charge >= 0.3 is 0 Å². The molecule has 0 saturated carbocycles. The lowest BCUT2D eigenvalue weighted by Gasteiger charge is -2.30. The third-order valence-corrected chi connectivity index (χ3v) is 3.29. The van der Waals surface area contributed by atoms with Crippen molar-refractivity contribution < 1.29 is 9.47 Å². The van der Waals surface area contributed by atoms with Crippen LogP contribution in [-0.2, 0) is 6.42 Å². The largest absolute Gasteiger partial charge is 0.493 e. The molecule has 0 bridgehead atoms. The van der Waals surface area contributed by atoms with Crippen LogP contribution in [0, 0.1) is 0 Å². The minimum Gasteiger partial charge on any atom is -0.493 e. The summed E-state index contributed by atoms with van der Waals surface area (Å²) in [6, 6.07) is 6.01. The fraction of sp³-hybridized carbons (Fsp3) is 0.600. The standard InChI is InChI=1S/C15H26N2O2/c1-5-8-17-15(2,11-16)10-12-6-7-13(18-3)14(9-12)19-4/h6-7,9,17H,5,8,10-11,16H2,1-4H3. The van der Waals surface area contributed by atoms with E-state index in [0.717, 1.165) is 30.9 Å². The van der Waals surface area contributed by atoms with Gasteiger partial charge in [-0.1, -0.05) is 13.0 Å². The highest BCUT2D eigenvalue weighted by Crippen LogP contribution is 2.28. The van der Waals surface area contributed by atoms with Crippen molar-refractivity contribution in [3.8, 4) is 11.5 Å². The molecular formula is C15H26N2O2. The first-order valence-corrected chi connectivity index (χ1v) is 6.74. The highest BCUT2D eigenvalue weighted by atomic mass is 16.5. The zero-order chi connectivity index (χ0) is 14.3. The van der Waals surface area contributed by atoms with Crippen LogP contribution in [0.5, 0.6) is 11.5 Å². The third-order valence-electron chi connectivity index (χ3n) is 3.29. The highest BCUT2D eigenvalue weighted by Gasteiger charge is 2.22. The molecule has 3 N–H and O–H groups in total. The van der Waals surface area contributed by atoms with Gasteiger partial charge in [0.2, 0.25) is 0 Å². The molecule has 0 spiro atoms. The second kappa shape index (κ2) is 7.36. The number of rotatable bonds is 8.